The van der Waals surface area contributed by atoms with Crippen LogP contribution in [0.15, 0.2) is 17.0 Å². The predicted molar refractivity (Wildman–Crippen MR) is 68.9 cm³/mol. The van der Waals surface area contributed by atoms with E-state index >= 15 is 0 Å². The van der Waals surface area contributed by atoms with Gasteiger partial charge in [-0.15, -0.1) is 0 Å². The number of aliphatic hydroxyl groups excluding tert-OH is 1. The Morgan fingerprint density at radius 3 is 2.74 bits per heavy atom. The number of sulfone groups is 1. The highest BCUT2D eigenvalue weighted by atomic mass is 32.2. The highest BCUT2D eigenvalue weighted by Gasteiger charge is 2.31. The van der Waals surface area contributed by atoms with Gasteiger partial charge in [0, 0.05) is 6.42 Å². The second-order valence-corrected chi connectivity index (χ2v) is 6.60. The van der Waals surface area contributed by atoms with Crippen LogP contribution in [0.3, 0.4) is 0 Å². The SMILES string of the molecule is CCc1cc2c(cc1C(=O)OC)S(=O)(=O)CC(O)C2. The van der Waals surface area contributed by atoms with Crippen molar-refractivity contribution in [2.75, 3.05) is 12.9 Å². The smallest absolute Gasteiger partial charge is 0.338 e. The van der Waals surface area contributed by atoms with Gasteiger partial charge in [-0.1, -0.05) is 13.0 Å². The maximum absolute atomic E-state index is 12.0. The molecule has 0 fully saturated rings. The molecule has 0 saturated carbocycles. The Kier molecular flexibility index (Phi) is 3.64. The number of fused-ring (bicyclic) bond motifs is 1. The molecule has 6 heteroatoms. The molecule has 0 saturated heterocycles. The summed E-state index contributed by atoms with van der Waals surface area (Å²) in [6, 6.07) is 3.06. The molecule has 0 aliphatic carbocycles. The maximum Gasteiger partial charge on any atom is 0.338 e. The number of hydrogen-bond donors (Lipinski definition) is 1. The molecule has 0 aromatic heterocycles. The van der Waals surface area contributed by atoms with Crippen LogP contribution in [-0.4, -0.2) is 38.5 Å². The Morgan fingerprint density at radius 1 is 1.47 bits per heavy atom. The third-order valence-corrected chi connectivity index (χ3v) is 5.15. The van der Waals surface area contributed by atoms with E-state index in [9.17, 15) is 18.3 Å². The van der Waals surface area contributed by atoms with Crippen molar-refractivity contribution in [2.24, 2.45) is 0 Å². The third kappa shape index (κ3) is 2.50. The van der Waals surface area contributed by atoms with Crippen LogP contribution in [0.2, 0.25) is 0 Å². The van der Waals surface area contributed by atoms with Crippen molar-refractivity contribution in [3.8, 4) is 0 Å². The van der Waals surface area contributed by atoms with Gasteiger partial charge < -0.3 is 9.84 Å². The van der Waals surface area contributed by atoms with E-state index in [1.807, 2.05) is 6.92 Å². The van der Waals surface area contributed by atoms with Gasteiger partial charge in [0.2, 0.25) is 0 Å². The van der Waals surface area contributed by atoms with E-state index in [2.05, 4.69) is 4.74 Å². The monoisotopic (exact) mass is 284 g/mol. The minimum absolute atomic E-state index is 0.135. The Labute approximate surface area is 112 Å². The zero-order chi connectivity index (χ0) is 14.2. The molecule has 1 heterocycles. The normalized spacial score (nSPS) is 20.7. The standard InChI is InChI=1S/C13H16O5S/c1-3-8-4-9-5-10(14)7-19(16,17)12(9)6-11(8)13(15)18-2/h4,6,10,14H,3,5,7H2,1-2H3. The van der Waals surface area contributed by atoms with Crippen LogP contribution in [0, 0.1) is 0 Å². The van der Waals surface area contributed by atoms with Crippen molar-refractivity contribution in [1.29, 1.82) is 0 Å². The molecule has 1 aromatic carbocycles. The van der Waals surface area contributed by atoms with Crippen molar-refractivity contribution < 1.29 is 23.1 Å². The zero-order valence-electron chi connectivity index (χ0n) is 10.8. The summed E-state index contributed by atoms with van der Waals surface area (Å²) in [4.78, 5) is 11.8. The Balaban J connectivity index is 2.67. The average molecular weight is 284 g/mol. The molecule has 0 bridgehead atoms. The number of hydrogen-bond acceptors (Lipinski definition) is 5. The summed E-state index contributed by atoms with van der Waals surface area (Å²) in [5.41, 5.74) is 1.59. The number of ether oxygens (including phenoxy) is 1. The minimum atomic E-state index is -3.54. The lowest BCUT2D eigenvalue weighted by molar-refractivity contribution is 0.0599. The summed E-state index contributed by atoms with van der Waals surface area (Å²) >= 11 is 0. The van der Waals surface area contributed by atoms with E-state index in [0.29, 0.717) is 18.4 Å². The topological polar surface area (TPSA) is 80.7 Å². The van der Waals surface area contributed by atoms with E-state index in [-0.39, 0.29) is 16.2 Å². The molecule has 104 valence electrons. The van der Waals surface area contributed by atoms with Gasteiger partial charge in [-0.3, -0.25) is 0 Å². The number of methoxy groups -OCH3 is 1. The van der Waals surface area contributed by atoms with E-state index < -0.39 is 21.9 Å². The molecular weight excluding hydrogens is 268 g/mol. The van der Waals surface area contributed by atoms with Gasteiger partial charge in [-0.2, -0.15) is 0 Å². The third-order valence-electron chi connectivity index (χ3n) is 3.27. The second-order valence-electron chi connectivity index (χ2n) is 4.60. The number of carbonyl (C=O) groups excluding carboxylic acids is 1. The first-order chi connectivity index (χ1) is 8.89. The summed E-state index contributed by atoms with van der Waals surface area (Å²) in [5, 5.41) is 9.61. The number of benzene rings is 1. The van der Waals surface area contributed by atoms with Crippen molar-refractivity contribution in [3.05, 3.63) is 28.8 Å². The molecular formula is C13H16O5S. The van der Waals surface area contributed by atoms with Crippen molar-refractivity contribution in [1.82, 2.24) is 0 Å². The molecule has 1 aromatic rings. The number of rotatable bonds is 2. The largest absolute Gasteiger partial charge is 0.465 e. The molecule has 1 aliphatic rings. The first-order valence-electron chi connectivity index (χ1n) is 6.04. The molecule has 1 atom stereocenters. The Bertz CT molecular complexity index is 618. The van der Waals surface area contributed by atoms with Crippen molar-refractivity contribution in [2.45, 2.75) is 30.8 Å². The summed E-state index contributed by atoms with van der Waals surface area (Å²) in [5.74, 6) is -0.840. The van der Waals surface area contributed by atoms with E-state index in [1.165, 1.54) is 13.2 Å². The minimum Gasteiger partial charge on any atom is -0.465 e. The van der Waals surface area contributed by atoms with Gasteiger partial charge in [0.1, 0.15) is 0 Å². The van der Waals surface area contributed by atoms with E-state index in [4.69, 9.17) is 0 Å². The van der Waals surface area contributed by atoms with Crippen LogP contribution in [0.5, 0.6) is 0 Å². The molecule has 1 unspecified atom stereocenters. The lowest BCUT2D eigenvalue weighted by Gasteiger charge is -2.22. The first kappa shape index (κ1) is 14.0. The number of carbonyl (C=O) groups is 1. The fourth-order valence-corrected chi connectivity index (χ4v) is 4.02. The molecule has 2 rings (SSSR count). The predicted octanol–water partition coefficient (Wildman–Crippen LogP) is 0.726. The molecule has 19 heavy (non-hydrogen) atoms. The van der Waals surface area contributed by atoms with Gasteiger partial charge in [0.25, 0.3) is 0 Å². The van der Waals surface area contributed by atoms with Gasteiger partial charge in [0.15, 0.2) is 9.84 Å². The van der Waals surface area contributed by atoms with Crippen LogP contribution in [0.4, 0.5) is 0 Å². The summed E-state index contributed by atoms with van der Waals surface area (Å²) in [6.45, 7) is 1.88. The summed E-state index contributed by atoms with van der Waals surface area (Å²) < 4.78 is 28.7. The molecule has 1 N–H and O–H groups in total. The van der Waals surface area contributed by atoms with Gasteiger partial charge in [0.05, 0.1) is 29.4 Å². The van der Waals surface area contributed by atoms with Crippen LogP contribution in [-0.2, 0) is 27.4 Å². The van der Waals surface area contributed by atoms with Crippen molar-refractivity contribution in [3.63, 3.8) is 0 Å². The number of aryl methyl sites for hydroxylation is 1. The Morgan fingerprint density at radius 2 is 2.16 bits per heavy atom. The van der Waals surface area contributed by atoms with Crippen molar-refractivity contribution >= 4 is 15.8 Å². The molecule has 0 spiro atoms. The lowest BCUT2D eigenvalue weighted by atomic mass is 9.98. The lowest BCUT2D eigenvalue weighted by Crippen LogP contribution is -2.30. The van der Waals surface area contributed by atoms with Crippen LogP contribution >= 0.6 is 0 Å². The zero-order valence-corrected chi connectivity index (χ0v) is 11.7. The number of aliphatic hydroxyl groups is 1. The quantitative estimate of drug-likeness (QED) is 0.810. The molecule has 0 radical (unpaired) electrons. The van der Waals surface area contributed by atoms with Crippen LogP contribution in [0.1, 0.15) is 28.4 Å². The molecule has 0 amide bonds. The van der Waals surface area contributed by atoms with Crippen LogP contribution < -0.4 is 0 Å². The van der Waals surface area contributed by atoms with Crippen LogP contribution in [0.25, 0.3) is 0 Å². The second kappa shape index (κ2) is 4.94. The average Bonchev–Trinajstić information content (AvgIpc) is 2.35. The Hall–Kier alpha value is -1.40. The van der Waals surface area contributed by atoms with Gasteiger partial charge in [-0.05, 0) is 23.6 Å². The highest BCUT2D eigenvalue weighted by Crippen LogP contribution is 2.29. The summed E-state index contributed by atoms with van der Waals surface area (Å²) in [7, 11) is -2.27. The maximum atomic E-state index is 12.0. The first-order valence-corrected chi connectivity index (χ1v) is 7.69. The summed E-state index contributed by atoms with van der Waals surface area (Å²) in [6.07, 6.45) is 0.00262. The number of esters is 1. The molecule has 5 nitrogen and oxygen atoms in total. The van der Waals surface area contributed by atoms with Gasteiger partial charge >= 0.3 is 5.97 Å². The fourth-order valence-electron chi connectivity index (χ4n) is 2.37. The van der Waals surface area contributed by atoms with Gasteiger partial charge in [-0.25, -0.2) is 13.2 Å². The molecule has 1 aliphatic heterocycles. The van der Waals surface area contributed by atoms with E-state index in [1.54, 1.807) is 6.07 Å². The highest BCUT2D eigenvalue weighted by molar-refractivity contribution is 7.91. The van der Waals surface area contributed by atoms with E-state index in [0.717, 1.165) is 5.56 Å². The fraction of sp³-hybridized carbons (Fsp3) is 0.462.